The maximum Gasteiger partial charge on any atom is 0.0641 e. The fraction of sp³-hybridized carbons (Fsp3) is 0.600. The first-order chi connectivity index (χ1) is 11.8. The molecule has 3 heterocycles. The van der Waals surface area contributed by atoms with Gasteiger partial charge in [0.25, 0.3) is 0 Å². The van der Waals surface area contributed by atoms with Crippen LogP contribution < -0.4 is 0 Å². The van der Waals surface area contributed by atoms with E-state index < -0.39 is 0 Å². The molecule has 2 aromatic rings. The Morgan fingerprint density at radius 2 is 2.08 bits per heavy atom. The SMILES string of the molecule is COCCn1cc(CN2C[C@@H]3CCCN3C[C@@H]2C)c2ccccc21. The van der Waals surface area contributed by atoms with Crippen molar-refractivity contribution in [3.8, 4) is 0 Å². The molecule has 1 aromatic carbocycles. The van der Waals surface area contributed by atoms with Gasteiger partial charge >= 0.3 is 0 Å². The zero-order valence-corrected chi connectivity index (χ0v) is 14.9. The lowest BCUT2D eigenvalue weighted by molar-refractivity contribution is 0.0543. The molecule has 0 unspecified atom stereocenters. The molecule has 2 fully saturated rings. The van der Waals surface area contributed by atoms with Crippen LogP contribution in [0.3, 0.4) is 0 Å². The lowest BCUT2D eigenvalue weighted by Gasteiger charge is -2.42. The van der Waals surface area contributed by atoms with E-state index in [4.69, 9.17) is 4.74 Å². The van der Waals surface area contributed by atoms with Crippen molar-refractivity contribution < 1.29 is 4.74 Å². The van der Waals surface area contributed by atoms with Crippen LogP contribution in [0.5, 0.6) is 0 Å². The van der Waals surface area contributed by atoms with Gasteiger partial charge in [-0.2, -0.15) is 0 Å². The normalized spacial score (nSPS) is 25.4. The molecule has 0 aliphatic carbocycles. The summed E-state index contributed by atoms with van der Waals surface area (Å²) in [5.74, 6) is 0. The van der Waals surface area contributed by atoms with E-state index >= 15 is 0 Å². The van der Waals surface area contributed by atoms with Gasteiger partial charge in [-0.1, -0.05) is 18.2 Å². The Labute approximate surface area is 145 Å². The first-order valence-electron chi connectivity index (χ1n) is 9.30. The van der Waals surface area contributed by atoms with Gasteiger partial charge in [0.15, 0.2) is 0 Å². The fourth-order valence-corrected chi connectivity index (χ4v) is 4.51. The molecule has 0 amide bonds. The van der Waals surface area contributed by atoms with Crippen LogP contribution in [0.4, 0.5) is 0 Å². The summed E-state index contributed by atoms with van der Waals surface area (Å²) >= 11 is 0. The molecule has 0 bridgehead atoms. The van der Waals surface area contributed by atoms with Crippen molar-refractivity contribution in [3.05, 3.63) is 36.0 Å². The predicted octanol–water partition coefficient (Wildman–Crippen LogP) is 2.96. The minimum Gasteiger partial charge on any atom is -0.383 e. The first kappa shape index (κ1) is 16.1. The number of hydrogen-bond donors (Lipinski definition) is 0. The molecular weight excluding hydrogens is 298 g/mol. The number of hydrogen-bond acceptors (Lipinski definition) is 3. The van der Waals surface area contributed by atoms with E-state index in [0.29, 0.717) is 6.04 Å². The summed E-state index contributed by atoms with van der Waals surface area (Å²) in [5, 5.41) is 1.40. The largest absolute Gasteiger partial charge is 0.383 e. The smallest absolute Gasteiger partial charge is 0.0641 e. The summed E-state index contributed by atoms with van der Waals surface area (Å²) in [5.41, 5.74) is 2.79. The Hall–Kier alpha value is -1.36. The van der Waals surface area contributed by atoms with Gasteiger partial charge in [0.05, 0.1) is 6.61 Å². The van der Waals surface area contributed by atoms with Gasteiger partial charge in [-0.15, -0.1) is 0 Å². The standard InChI is InChI=1S/C20H29N3O/c1-16-12-21-9-5-6-18(21)15-23(16)14-17-13-22(10-11-24-2)20-8-4-3-7-19(17)20/h3-4,7-8,13,16,18H,5-6,9-12,14-15H2,1-2H3/t16-,18-/m0/s1. The third-order valence-corrected chi connectivity index (χ3v) is 5.85. The summed E-state index contributed by atoms with van der Waals surface area (Å²) in [7, 11) is 1.77. The highest BCUT2D eigenvalue weighted by atomic mass is 16.5. The highest BCUT2D eigenvalue weighted by molar-refractivity contribution is 5.83. The van der Waals surface area contributed by atoms with Crippen LogP contribution in [0.25, 0.3) is 10.9 Å². The van der Waals surface area contributed by atoms with Gasteiger partial charge in [0.2, 0.25) is 0 Å². The third-order valence-electron chi connectivity index (χ3n) is 5.85. The van der Waals surface area contributed by atoms with E-state index in [1.165, 1.54) is 48.9 Å². The van der Waals surface area contributed by atoms with Gasteiger partial charge in [-0.05, 0) is 37.9 Å². The van der Waals surface area contributed by atoms with Crippen LogP contribution in [-0.2, 0) is 17.8 Å². The maximum absolute atomic E-state index is 5.28. The van der Waals surface area contributed by atoms with Crippen LogP contribution in [0.2, 0.25) is 0 Å². The second-order valence-corrected chi connectivity index (χ2v) is 7.43. The molecule has 2 atom stereocenters. The zero-order valence-electron chi connectivity index (χ0n) is 14.9. The number of aromatic nitrogens is 1. The quantitative estimate of drug-likeness (QED) is 0.842. The molecule has 2 aliphatic heterocycles. The van der Waals surface area contributed by atoms with E-state index in [9.17, 15) is 0 Å². The van der Waals surface area contributed by atoms with Crippen molar-refractivity contribution in [3.63, 3.8) is 0 Å². The van der Waals surface area contributed by atoms with E-state index in [1.54, 1.807) is 7.11 Å². The molecule has 1 aromatic heterocycles. The van der Waals surface area contributed by atoms with Crippen molar-refractivity contribution in [1.29, 1.82) is 0 Å². The molecular formula is C20H29N3O. The van der Waals surface area contributed by atoms with Gasteiger partial charge in [-0.25, -0.2) is 0 Å². The van der Waals surface area contributed by atoms with Gasteiger partial charge in [0.1, 0.15) is 0 Å². The van der Waals surface area contributed by atoms with Crippen molar-refractivity contribution in [2.75, 3.05) is 33.4 Å². The molecule has 130 valence electrons. The summed E-state index contributed by atoms with van der Waals surface area (Å²) in [6.45, 7) is 8.88. The van der Waals surface area contributed by atoms with Crippen molar-refractivity contribution in [2.24, 2.45) is 0 Å². The monoisotopic (exact) mass is 327 g/mol. The molecule has 0 spiro atoms. The highest BCUT2D eigenvalue weighted by Crippen LogP contribution is 2.28. The number of rotatable bonds is 5. The van der Waals surface area contributed by atoms with Gasteiger partial charge < -0.3 is 9.30 Å². The fourth-order valence-electron chi connectivity index (χ4n) is 4.51. The molecule has 0 saturated carbocycles. The van der Waals surface area contributed by atoms with Crippen LogP contribution in [0.15, 0.2) is 30.5 Å². The molecule has 0 N–H and O–H groups in total. The van der Waals surface area contributed by atoms with Crippen LogP contribution >= 0.6 is 0 Å². The Kier molecular flexibility index (Phi) is 4.61. The topological polar surface area (TPSA) is 20.6 Å². The molecule has 4 nitrogen and oxygen atoms in total. The first-order valence-corrected chi connectivity index (χ1v) is 9.30. The lowest BCUT2D eigenvalue weighted by Crippen LogP contribution is -2.54. The number of piperazine rings is 1. The number of benzene rings is 1. The molecule has 24 heavy (non-hydrogen) atoms. The number of nitrogens with zero attached hydrogens (tertiary/aromatic N) is 3. The number of para-hydroxylation sites is 1. The summed E-state index contributed by atoms with van der Waals surface area (Å²) in [6, 6.07) is 10.2. The van der Waals surface area contributed by atoms with Crippen molar-refractivity contribution in [1.82, 2.24) is 14.4 Å². The van der Waals surface area contributed by atoms with E-state index in [1.807, 2.05) is 0 Å². The zero-order chi connectivity index (χ0) is 16.5. The van der Waals surface area contributed by atoms with Crippen molar-refractivity contribution in [2.45, 2.75) is 44.9 Å². The molecule has 4 heteroatoms. The molecule has 4 rings (SSSR count). The third kappa shape index (κ3) is 2.99. The predicted molar refractivity (Wildman–Crippen MR) is 98.3 cm³/mol. The van der Waals surface area contributed by atoms with E-state index in [0.717, 1.165) is 25.7 Å². The molecule has 2 aliphatic rings. The Balaban J connectivity index is 1.57. The van der Waals surface area contributed by atoms with E-state index in [-0.39, 0.29) is 0 Å². The second kappa shape index (κ2) is 6.87. The summed E-state index contributed by atoms with van der Waals surface area (Å²) in [4.78, 5) is 5.39. The van der Waals surface area contributed by atoms with Crippen molar-refractivity contribution >= 4 is 10.9 Å². The van der Waals surface area contributed by atoms with E-state index in [2.05, 4.69) is 51.8 Å². The summed E-state index contributed by atoms with van der Waals surface area (Å²) in [6.07, 6.45) is 5.10. The Bertz CT molecular complexity index is 695. The minimum absolute atomic E-state index is 0.639. The number of ether oxygens (including phenoxy) is 1. The Morgan fingerprint density at radius 3 is 2.96 bits per heavy atom. The van der Waals surface area contributed by atoms with Gasteiger partial charge in [-0.3, -0.25) is 9.80 Å². The minimum atomic E-state index is 0.639. The van der Waals surface area contributed by atoms with Gasteiger partial charge in [0, 0.05) is 62.5 Å². The average Bonchev–Trinajstić information content (AvgIpc) is 3.18. The lowest BCUT2D eigenvalue weighted by atomic mass is 10.1. The maximum atomic E-state index is 5.28. The van der Waals surface area contributed by atoms with Crippen LogP contribution in [-0.4, -0.2) is 59.8 Å². The summed E-state index contributed by atoms with van der Waals surface area (Å²) < 4.78 is 7.63. The van der Waals surface area contributed by atoms with Crippen LogP contribution in [0.1, 0.15) is 25.3 Å². The highest BCUT2D eigenvalue weighted by Gasteiger charge is 2.34. The van der Waals surface area contributed by atoms with Crippen LogP contribution in [0, 0.1) is 0 Å². The second-order valence-electron chi connectivity index (χ2n) is 7.43. The molecule has 0 radical (unpaired) electrons. The molecule has 2 saturated heterocycles. The average molecular weight is 327 g/mol. The number of methoxy groups -OCH3 is 1. The Morgan fingerprint density at radius 1 is 1.21 bits per heavy atom. The number of fused-ring (bicyclic) bond motifs is 2.